The fraction of sp³-hybridized carbons (Fsp3) is 0. The van der Waals surface area contributed by atoms with Crippen molar-refractivity contribution < 1.29 is 19.2 Å². The van der Waals surface area contributed by atoms with Gasteiger partial charge in [0.15, 0.2) is 0 Å². The monoisotopic (exact) mass is 1040 g/mol. The second kappa shape index (κ2) is 22.5. The van der Waals surface area contributed by atoms with Gasteiger partial charge in [0.25, 0.3) is 0 Å². The van der Waals surface area contributed by atoms with Crippen molar-refractivity contribution in [1.29, 1.82) is 0 Å². The highest BCUT2D eigenvalue weighted by molar-refractivity contribution is 6.29. The Kier molecular flexibility index (Phi) is 10.3. The van der Waals surface area contributed by atoms with E-state index >= 15 is 0 Å². The topological polar surface area (TPSA) is 77.3 Å². The minimum Gasteiger partial charge on any atom is -0.218 e. The smallest absolute Gasteiger partial charge is 0.218 e. The molecule has 6 nitrogen and oxygen atoms in total. The van der Waals surface area contributed by atoms with Crippen LogP contribution >= 0.6 is 34.8 Å². The fourth-order valence-corrected chi connectivity index (χ4v) is 8.72. The van der Waals surface area contributed by atoms with E-state index in [0.717, 1.165) is 49.8 Å². The Labute approximate surface area is 469 Å². The lowest BCUT2D eigenvalue weighted by atomic mass is 9.98. The molecule has 0 saturated carbocycles. The molecule has 0 fully saturated rings. The molecule has 3 aromatic heterocycles. The van der Waals surface area contributed by atoms with Gasteiger partial charge in [0.05, 0.1) is 52.8 Å². The standard InChI is InChI=1S/C26H17ClN2.2C20H13ClN2/c27-26-28-24-9-5-4-8-23(24)25(29-26)22-16-14-21(15-17-22)20-12-10-19(11-13-20)18-6-2-1-3-7-18;2*21-20-22-18-9-5-4-8-17(18)19(23-20)16-12-10-15(11-13-16)14-6-2-1-3-7-14/h1-17H;2*1-13H/i2*1D,2D,3D,6D,7D;10D,11D,12D,13D. The Morgan fingerprint density at radius 2 is 0.493 bits per heavy atom. The van der Waals surface area contributed by atoms with Crippen LogP contribution in [-0.2, 0) is 0 Å². The van der Waals surface area contributed by atoms with E-state index in [1.165, 1.54) is 0 Å². The fourth-order valence-electron chi connectivity index (χ4n) is 8.19. The molecule has 0 aliphatic rings. The summed E-state index contributed by atoms with van der Waals surface area (Å²) in [7, 11) is 0. The van der Waals surface area contributed by atoms with Crippen molar-refractivity contribution in [3.8, 4) is 78.3 Å². The van der Waals surface area contributed by atoms with Gasteiger partial charge in [0, 0.05) is 32.8 Å². The van der Waals surface area contributed by atoms with Crippen LogP contribution in [0.4, 0.5) is 0 Å². The van der Waals surface area contributed by atoms with E-state index in [1.54, 1.807) is 78.9 Å². The molecule has 0 radical (unpaired) electrons. The average molecular weight is 1040 g/mol. The van der Waals surface area contributed by atoms with Gasteiger partial charge in [-0.1, -0.05) is 242 Å². The molecule has 0 N–H and O–H groups in total. The molecule has 9 heteroatoms. The van der Waals surface area contributed by atoms with E-state index in [2.05, 4.69) is 29.9 Å². The molecule has 13 rings (SSSR count). The largest absolute Gasteiger partial charge is 0.223 e. The quantitative estimate of drug-likeness (QED) is 0.148. The van der Waals surface area contributed by atoms with E-state index in [0.29, 0.717) is 39.0 Å². The number of hydrogen-bond donors (Lipinski definition) is 0. The average Bonchev–Trinajstić information content (AvgIpc) is 0.909. The second-order valence-electron chi connectivity index (χ2n) is 16.4. The van der Waals surface area contributed by atoms with Gasteiger partial charge in [0.2, 0.25) is 15.9 Å². The Morgan fingerprint density at radius 1 is 0.227 bits per heavy atom. The molecule has 10 aromatic carbocycles. The number of aromatic nitrogens is 6. The van der Waals surface area contributed by atoms with Crippen LogP contribution in [0.5, 0.6) is 0 Å². The van der Waals surface area contributed by atoms with Crippen LogP contribution in [-0.4, -0.2) is 29.9 Å². The number of fused-ring (bicyclic) bond motifs is 3. The van der Waals surface area contributed by atoms with Gasteiger partial charge in [0.1, 0.15) is 0 Å². The van der Waals surface area contributed by atoms with Crippen molar-refractivity contribution in [3.05, 3.63) is 276 Å². The number of halogens is 3. The van der Waals surface area contributed by atoms with Crippen molar-refractivity contribution in [2.45, 2.75) is 0 Å². The van der Waals surface area contributed by atoms with E-state index in [1.807, 2.05) is 97.1 Å². The lowest BCUT2D eigenvalue weighted by Crippen LogP contribution is -1.91. The summed E-state index contributed by atoms with van der Waals surface area (Å²) in [5.74, 6) is 0. The predicted octanol–water partition coefficient (Wildman–Crippen LogP) is 18.5. The summed E-state index contributed by atoms with van der Waals surface area (Å²) in [6.45, 7) is 0. The summed E-state index contributed by atoms with van der Waals surface area (Å²) in [5, 5.41) is 2.72. The number of rotatable bonds is 7. The Morgan fingerprint density at radius 3 is 0.867 bits per heavy atom. The van der Waals surface area contributed by atoms with E-state index in [-0.39, 0.29) is 111 Å². The molecule has 0 aliphatic carbocycles. The first-order valence-electron chi connectivity index (χ1n) is 30.1. The Hall–Kier alpha value is -8.91. The second-order valence-corrected chi connectivity index (χ2v) is 17.4. The molecule has 0 spiro atoms. The van der Waals surface area contributed by atoms with Crippen molar-refractivity contribution >= 4 is 67.5 Å². The molecule has 75 heavy (non-hydrogen) atoms. The maximum absolute atomic E-state index is 8.51. The van der Waals surface area contributed by atoms with E-state index in [4.69, 9.17) is 54.0 Å². The first kappa shape index (κ1) is 34.5. The molecule has 0 unspecified atom stereocenters. The van der Waals surface area contributed by atoms with Gasteiger partial charge in [-0.05, 0) is 97.5 Å². The summed E-state index contributed by atoms with van der Waals surface area (Å²) in [5.41, 5.74) is 9.91. The van der Waals surface area contributed by atoms with Crippen LogP contribution in [0.1, 0.15) is 19.2 Å². The zero-order valence-corrected chi connectivity index (χ0v) is 41.3. The van der Waals surface area contributed by atoms with Gasteiger partial charge in [-0.2, -0.15) is 0 Å². The highest BCUT2D eigenvalue weighted by atomic mass is 35.5. The van der Waals surface area contributed by atoms with Crippen molar-refractivity contribution in [2.24, 2.45) is 0 Å². The molecular formula is C66H43Cl3N6. The van der Waals surface area contributed by atoms with Gasteiger partial charge in [-0.25, -0.2) is 29.9 Å². The van der Waals surface area contributed by atoms with Crippen molar-refractivity contribution in [1.82, 2.24) is 29.9 Å². The third-order valence-electron chi connectivity index (χ3n) is 11.8. The molecule has 358 valence electrons. The van der Waals surface area contributed by atoms with Gasteiger partial charge in [-0.15, -0.1) is 0 Å². The normalized spacial score (nSPS) is 13.5. The van der Waals surface area contributed by atoms with Crippen LogP contribution in [0.3, 0.4) is 0 Å². The summed E-state index contributed by atoms with van der Waals surface area (Å²) in [6.07, 6.45) is 0. The number of benzene rings is 10. The highest BCUT2D eigenvalue weighted by Gasteiger charge is 2.12. The van der Waals surface area contributed by atoms with Crippen LogP contribution in [0.25, 0.3) is 111 Å². The molecular weight excluding hydrogens is 983 g/mol. The SMILES string of the molecule is [2H]c1c([2H])c(-c2nc(Cl)nc3ccccc23)c([2H])c([2H])c1-c1ccccc1.[2H]c1c([2H])c([2H])c(-c2ccc(-c3ccc(-c4nc(Cl)nc5ccccc45)cc3)cc2)c([2H])c1[2H].[2H]c1c([2H])c([2H])c(-c2ccc(-c3nc(Cl)nc4ccccc34)cc2)c([2H])c1[2H]. The summed E-state index contributed by atoms with van der Waals surface area (Å²) in [6, 6.07) is 50.0. The number of nitrogens with zero attached hydrogens (tertiary/aromatic N) is 6. The summed E-state index contributed by atoms with van der Waals surface area (Å²) < 4.78 is 113. The lowest BCUT2D eigenvalue weighted by Gasteiger charge is -2.08. The zero-order valence-electron chi connectivity index (χ0n) is 53.1. The predicted molar refractivity (Wildman–Crippen MR) is 312 cm³/mol. The maximum atomic E-state index is 8.51. The molecule has 0 aliphatic heterocycles. The van der Waals surface area contributed by atoms with Crippen LogP contribution in [0, 0.1) is 0 Å². The molecule has 0 saturated heterocycles. The summed E-state index contributed by atoms with van der Waals surface area (Å²) >= 11 is 18.2. The third kappa shape index (κ3) is 11.2. The molecule has 0 atom stereocenters. The molecule has 13 aromatic rings. The van der Waals surface area contributed by atoms with E-state index in [9.17, 15) is 0 Å². The first-order chi connectivity index (χ1) is 42.7. The molecule has 3 heterocycles. The lowest BCUT2D eigenvalue weighted by molar-refractivity contribution is 1.22. The first-order valence-corrected chi connectivity index (χ1v) is 24.2. The van der Waals surface area contributed by atoms with Crippen molar-refractivity contribution in [3.63, 3.8) is 0 Å². The minimum atomic E-state index is -0.405. The van der Waals surface area contributed by atoms with Crippen LogP contribution < -0.4 is 0 Å². The Bertz CT molecular complexity index is 4850. The molecule has 0 bridgehead atoms. The summed E-state index contributed by atoms with van der Waals surface area (Å²) in [4.78, 5) is 25.7. The van der Waals surface area contributed by atoms with Crippen molar-refractivity contribution in [2.75, 3.05) is 0 Å². The Balaban J connectivity index is 0.000000139. The number of hydrogen-bond acceptors (Lipinski definition) is 6. The van der Waals surface area contributed by atoms with Gasteiger partial charge < -0.3 is 0 Å². The van der Waals surface area contributed by atoms with Gasteiger partial charge >= 0.3 is 0 Å². The minimum absolute atomic E-state index is 0.00676. The zero-order chi connectivity index (χ0) is 63.1. The van der Waals surface area contributed by atoms with Gasteiger partial charge in [-0.3, -0.25) is 0 Å². The van der Waals surface area contributed by atoms with Crippen LogP contribution in [0.2, 0.25) is 15.9 Å². The van der Waals surface area contributed by atoms with E-state index < -0.39 is 12.1 Å². The molecule has 0 amide bonds. The maximum Gasteiger partial charge on any atom is 0.223 e. The third-order valence-corrected chi connectivity index (χ3v) is 12.3. The highest BCUT2D eigenvalue weighted by Crippen LogP contribution is 2.33. The number of para-hydroxylation sites is 3. The van der Waals surface area contributed by atoms with Crippen LogP contribution in [0.15, 0.2) is 261 Å².